The normalized spacial score (nSPS) is 11.0. The fourth-order valence-electron chi connectivity index (χ4n) is 3.28. The molecule has 0 atom stereocenters. The number of ketones is 1. The van der Waals surface area contributed by atoms with Crippen molar-refractivity contribution in [3.05, 3.63) is 88.6 Å². The smallest absolute Gasteiger partial charge is 0.203 e. The van der Waals surface area contributed by atoms with Gasteiger partial charge in [-0.25, -0.2) is 0 Å². The van der Waals surface area contributed by atoms with Crippen molar-refractivity contribution in [1.82, 2.24) is 0 Å². The number of hydrogen-bond donors (Lipinski definition) is 1. The number of allylic oxidation sites excluding steroid dienone is 1. The maximum atomic E-state index is 12.4. The number of ether oxygens (including phenoxy) is 4. The Morgan fingerprint density at radius 1 is 0.794 bits per heavy atom. The standard InChI is InChI=1S/C27H26ClNO5/c1-31-24-11-10-18(8-9-19-15-25(32-2)27(34-4)26(16-19)33-3)14-22(24)29-13-12-23(30)20-6-5-7-21(28)17-20/h5-17,29H,1-4H3. The maximum absolute atomic E-state index is 12.4. The first-order chi connectivity index (χ1) is 16.5. The van der Waals surface area contributed by atoms with Crippen LogP contribution >= 0.6 is 11.6 Å². The zero-order chi connectivity index (χ0) is 24.5. The number of nitrogens with one attached hydrogen (secondary N) is 1. The van der Waals surface area contributed by atoms with Gasteiger partial charge in [0.2, 0.25) is 5.75 Å². The zero-order valence-corrected chi connectivity index (χ0v) is 20.2. The van der Waals surface area contributed by atoms with Crippen molar-refractivity contribution in [2.45, 2.75) is 0 Å². The second-order valence-corrected chi connectivity index (χ2v) is 7.54. The highest BCUT2D eigenvalue weighted by atomic mass is 35.5. The quantitative estimate of drug-likeness (QED) is 0.207. The fourth-order valence-corrected chi connectivity index (χ4v) is 3.47. The molecule has 0 radical (unpaired) electrons. The summed E-state index contributed by atoms with van der Waals surface area (Å²) in [6.07, 6.45) is 6.91. The number of benzene rings is 3. The van der Waals surface area contributed by atoms with Gasteiger partial charge in [-0.2, -0.15) is 0 Å². The van der Waals surface area contributed by atoms with Gasteiger partial charge in [0.25, 0.3) is 0 Å². The minimum absolute atomic E-state index is 0.160. The molecule has 0 aromatic heterocycles. The van der Waals surface area contributed by atoms with Crippen molar-refractivity contribution < 1.29 is 23.7 Å². The monoisotopic (exact) mass is 479 g/mol. The fraction of sp³-hybridized carbons (Fsp3) is 0.148. The predicted molar refractivity (Wildman–Crippen MR) is 137 cm³/mol. The summed E-state index contributed by atoms with van der Waals surface area (Å²) >= 11 is 5.96. The molecule has 0 heterocycles. The van der Waals surface area contributed by atoms with Gasteiger partial charge in [0.1, 0.15) is 5.75 Å². The van der Waals surface area contributed by atoms with E-state index in [9.17, 15) is 4.79 Å². The van der Waals surface area contributed by atoms with Gasteiger partial charge in [0.05, 0.1) is 34.1 Å². The van der Waals surface area contributed by atoms with Gasteiger partial charge in [-0.15, -0.1) is 0 Å². The maximum Gasteiger partial charge on any atom is 0.203 e. The first kappa shape index (κ1) is 24.7. The first-order valence-electron chi connectivity index (χ1n) is 10.4. The molecule has 0 saturated carbocycles. The molecular weight excluding hydrogens is 454 g/mol. The van der Waals surface area contributed by atoms with Crippen LogP contribution in [-0.4, -0.2) is 34.2 Å². The highest BCUT2D eigenvalue weighted by Crippen LogP contribution is 2.38. The second-order valence-electron chi connectivity index (χ2n) is 7.10. The number of carbonyl (C=O) groups is 1. The van der Waals surface area contributed by atoms with Crippen LogP contribution in [0.15, 0.2) is 66.9 Å². The molecule has 7 heteroatoms. The highest BCUT2D eigenvalue weighted by Gasteiger charge is 2.12. The van der Waals surface area contributed by atoms with Crippen LogP contribution in [0.25, 0.3) is 12.2 Å². The number of hydrogen-bond acceptors (Lipinski definition) is 6. The molecule has 3 aromatic rings. The van der Waals surface area contributed by atoms with Crippen molar-refractivity contribution in [1.29, 1.82) is 0 Å². The van der Waals surface area contributed by atoms with Crippen LogP contribution in [0.1, 0.15) is 21.5 Å². The summed E-state index contributed by atoms with van der Waals surface area (Å²) in [5.74, 6) is 2.18. The van der Waals surface area contributed by atoms with E-state index in [1.165, 1.54) is 6.08 Å². The van der Waals surface area contributed by atoms with E-state index in [0.29, 0.717) is 39.3 Å². The lowest BCUT2D eigenvalue weighted by Crippen LogP contribution is -1.98. The summed E-state index contributed by atoms with van der Waals surface area (Å²) in [6.45, 7) is 0. The molecule has 176 valence electrons. The van der Waals surface area contributed by atoms with E-state index in [0.717, 1.165) is 11.1 Å². The topological polar surface area (TPSA) is 66.0 Å². The second kappa shape index (κ2) is 11.8. The minimum Gasteiger partial charge on any atom is -0.495 e. The van der Waals surface area contributed by atoms with Crippen molar-refractivity contribution in [3.63, 3.8) is 0 Å². The van der Waals surface area contributed by atoms with Crippen LogP contribution in [0.4, 0.5) is 5.69 Å². The van der Waals surface area contributed by atoms with Gasteiger partial charge in [-0.3, -0.25) is 4.79 Å². The minimum atomic E-state index is -0.160. The van der Waals surface area contributed by atoms with Crippen LogP contribution in [0.3, 0.4) is 0 Å². The molecule has 0 fully saturated rings. The van der Waals surface area contributed by atoms with Crippen molar-refractivity contribution in [2.75, 3.05) is 33.8 Å². The van der Waals surface area contributed by atoms with Crippen LogP contribution < -0.4 is 24.3 Å². The molecule has 3 aromatic carbocycles. The van der Waals surface area contributed by atoms with E-state index < -0.39 is 0 Å². The summed E-state index contributed by atoms with van der Waals surface area (Å²) < 4.78 is 21.6. The van der Waals surface area contributed by atoms with Gasteiger partial charge < -0.3 is 24.3 Å². The van der Waals surface area contributed by atoms with Gasteiger partial charge in [0, 0.05) is 22.9 Å². The zero-order valence-electron chi connectivity index (χ0n) is 19.4. The molecule has 0 aliphatic heterocycles. The van der Waals surface area contributed by atoms with Gasteiger partial charge in [-0.05, 0) is 47.5 Å². The van der Waals surface area contributed by atoms with E-state index in [-0.39, 0.29) is 5.78 Å². The average Bonchev–Trinajstić information content (AvgIpc) is 2.86. The molecule has 0 amide bonds. The van der Waals surface area contributed by atoms with Crippen LogP contribution in [0.5, 0.6) is 23.0 Å². The van der Waals surface area contributed by atoms with Crippen LogP contribution in [0.2, 0.25) is 5.02 Å². The SMILES string of the molecule is COc1ccc(C=Cc2cc(OC)c(OC)c(OC)c2)cc1NC=CC(=O)c1cccc(Cl)c1. The third-order valence-electron chi connectivity index (χ3n) is 4.96. The Bertz CT molecular complexity index is 1190. The average molecular weight is 480 g/mol. The van der Waals surface area contributed by atoms with E-state index in [2.05, 4.69) is 5.32 Å². The summed E-state index contributed by atoms with van der Waals surface area (Å²) in [7, 11) is 6.32. The molecule has 1 N–H and O–H groups in total. The van der Waals surface area contributed by atoms with Crippen molar-refractivity contribution >= 4 is 35.2 Å². The Balaban J connectivity index is 1.80. The molecular formula is C27H26ClNO5. The first-order valence-corrected chi connectivity index (χ1v) is 10.8. The molecule has 3 rings (SSSR count). The summed E-state index contributed by atoms with van der Waals surface area (Å²) in [6, 6.07) is 16.2. The lowest BCUT2D eigenvalue weighted by molar-refractivity contribution is 0.104. The summed E-state index contributed by atoms with van der Waals surface area (Å²) in [5, 5.41) is 3.63. The largest absolute Gasteiger partial charge is 0.495 e. The molecule has 34 heavy (non-hydrogen) atoms. The lowest BCUT2D eigenvalue weighted by Gasteiger charge is -2.13. The van der Waals surface area contributed by atoms with Crippen LogP contribution in [-0.2, 0) is 0 Å². The Morgan fingerprint density at radius 2 is 1.47 bits per heavy atom. The summed E-state index contributed by atoms with van der Waals surface area (Å²) in [5.41, 5.74) is 3.03. The van der Waals surface area contributed by atoms with Crippen molar-refractivity contribution in [2.24, 2.45) is 0 Å². The number of rotatable bonds is 10. The van der Waals surface area contributed by atoms with E-state index in [1.54, 1.807) is 58.9 Å². The molecule has 0 saturated heterocycles. The van der Waals surface area contributed by atoms with E-state index in [4.69, 9.17) is 30.5 Å². The third kappa shape index (κ3) is 6.11. The number of carbonyl (C=O) groups excluding carboxylic acids is 1. The van der Waals surface area contributed by atoms with E-state index in [1.807, 2.05) is 42.5 Å². The highest BCUT2D eigenvalue weighted by molar-refractivity contribution is 6.31. The Kier molecular flexibility index (Phi) is 8.60. The van der Waals surface area contributed by atoms with Crippen molar-refractivity contribution in [3.8, 4) is 23.0 Å². The number of methoxy groups -OCH3 is 4. The molecule has 0 bridgehead atoms. The summed E-state index contributed by atoms with van der Waals surface area (Å²) in [4.78, 5) is 12.4. The third-order valence-corrected chi connectivity index (χ3v) is 5.20. The van der Waals surface area contributed by atoms with Gasteiger partial charge >= 0.3 is 0 Å². The Hall–Kier alpha value is -3.90. The number of halogens is 1. The van der Waals surface area contributed by atoms with Gasteiger partial charge in [0.15, 0.2) is 17.3 Å². The molecule has 0 aliphatic carbocycles. The molecule has 0 unspecified atom stereocenters. The molecule has 0 spiro atoms. The molecule has 6 nitrogen and oxygen atoms in total. The Labute approximate surface area is 204 Å². The predicted octanol–water partition coefficient (Wildman–Crippen LogP) is 6.35. The Morgan fingerprint density at radius 3 is 2.09 bits per heavy atom. The number of anilines is 1. The van der Waals surface area contributed by atoms with E-state index >= 15 is 0 Å². The lowest BCUT2D eigenvalue weighted by atomic mass is 10.1. The van der Waals surface area contributed by atoms with Gasteiger partial charge in [-0.1, -0.05) is 42.0 Å². The van der Waals surface area contributed by atoms with Crippen LogP contribution in [0, 0.1) is 0 Å². The molecule has 0 aliphatic rings.